The number of aromatic nitrogens is 4. The summed E-state index contributed by atoms with van der Waals surface area (Å²) in [6.07, 6.45) is 14.4. The van der Waals surface area contributed by atoms with Crippen LogP contribution in [0.1, 0.15) is 80.1 Å². The van der Waals surface area contributed by atoms with E-state index in [1.165, 1.54) is 0 Å². The molecule has 0 aliphatic carbocycles. The van der Waals surface area contributed by atoms with Crippen LogP contribution in [0.15, 0.2) is 13.2 Å². The van der Waals surface area contributed by atoms with Crippen molar-refractivity contribution >= 4 is 48.7 Å². The molecule has 0 saturated heterocycles. The number of aromatic amines is 4. The summed E-state index contributed by atoms with van der Waals surface area (Å²) in [4.78, 5) is 37.2. The molecule has 0 spiro atoms. The van der Waals surface area contributed by atoms with Gasteiger partial charge in [-0.3, -0.25) is 4.79 Å². The number of carbonyl (C=O) groups excluding carboxylic acids is 1. The monoisotopic (exact) mass is 548 g/mol. The maximum absolute atomic E-state index is 11.5. The largest absolute Gasteiger partial charge is 0.481 e. The molecule has 0 unspecified atom stereocenters. The highest BCUT2D eigenvalue weighted by Crippen LogP contribution is 2.23. The van der Waals surface area contributed by atoms with E-state index in [0.717, 1.165) is 95.0 Å². The average molecular weight is 549 g/mol. The van der Waals surface area contributed by atoms with Crippen LogP contribution in [-0.4, -0.2) is 37.3 Å². The molecule has 0 radical (unpaired) electrons. The Balaban J connectivity index is 1.93. The minimum Gasteiger partial charge on any atom is -0.481 e. The van der Waals surface area contributed by atoms with Crippen LogP contribution in [0.25, 0.3) is 36.5 Å². The van der Waals surface area contributed by atoms with Crippen molar-refractivity contribution in [1.29, 1.82) is 0 Å². The van der Waals surface area contributed by atoms with Gasteiger partial charge in [0, 0.05) is 68.1 Å². The van der Waals surface area contributed by atoms with E-state index in [4.69, 9.17) is 0 Å². The predicted octanol–water partition coefficient (Wildman–Crippen LogP) is 3.30. The van der Waals surface area contributed by atoms with Crippen LogP contribution < -0.4 is 21.4 Å². The summed E-state index contributed by atoms with van der Waals surface area (Å²) in [6, 6.07) is 0. The van der Waals surface area contributed by atoms with Crippen molar-refractivity contribution in [3.63, 3.8) is 0 Å². The summed E-state index contributed by atoms with van der Waals surface area (Å²) in [5, 5.41) is 13.2. The van der Waals surface area contributed by atoms with Crippen molar-refractivity contribution in [1.82, 2.24) is 19.9 Å². The van der Waals surface area contributed by atoms with Crippen molar-refractivity contribution in [2.75, 3.05) is 0 Å². The van der Waals surface area contributed by atoms with Gasteiger partial charge in [-0.05, 0) is 98.2 Å². The van der Waals surface area contributed by atoms with E-state index in [1.54, 1.807) is 0 Å². The molecule has 0 aromatic carbocycles. The smallest absolute Gasteiger partial charge is 0.303 e. The molecule has 7 nitrogen and oxygen atoms in total. The highest BCUT2D eigenvalue weighted by atomic mass is 16.4. The fraction of sp³-hybridized carbons (Fsp3) is 0.235. The molecular weight excluding hydrogens is 512 g/mol. The Labute approximate surface area is 238 Å². The van der Waals surface area contributed by atoms with Crippen LogP contribution in [0.4, 0.5) is 0 Å². The molecule has 5 rings (SSSR count). The van der Waals surface area contributed by atoms with Gasteiger partial charge in [-0.2, -0.15) is 0 Å². The predicted molar refractivity (Wildman–Crippen MR) is 165 cm³/mol. The number of carbonyl (C=O) groups is 2. The van der Waals surface area contributed by atoms with Gasteiger partial charge in [0.1, 0.15) is 6.29 Å². The van der Waals surface area contributed by atoms with Crippen LogP contribution in [0.2, 0.25) is 0 Å². The van der Waals surface area contributed by atoms with Crippen molar-refractivity contribution in [2.24, 2.45) is 0 Å². The van der Waals surface area contributed by atoms with Crippen LogP contribution in [-0.2, 0) is 22.4 Å². The van der Waals surface area contributed by atoms with Gasteiger partial charge in [-0.25, -0.2) is 0 Å². The lowest BCUT2D eigenvalue weighted by molar-refractivity contribution is -0.137. The number of fused-ring (bicyclic) bond motifs is 8. The van der Waals surface area contributed by atoms with Gasteiger partial charge in [0.25, 0.3) is 0 Å². The summed E-state index contributed by atoms with van der Waals surface area (Å²) in [7, 11) is 0. The number of carboxylic acids is 1. The van der Waals surface area contributed by atoms with Gasteiger partial charge in [0.05, 0.1) is 0 Å². The fourth-order valence-corrected chi connectivity index (χ4v) is 5.90. The van der Waals surface area contributed by atoms with Crippen molar-refractivity contribution < 1.29 is 14.7 Å². The highest BCUT2D eigenvalue weighted by molar-refractivity contribution is 5.72. The third kappa shape index (κ3) is 4.99. The minimum absolute atomic E-state index is 0.0260. The summed E-state index contributed by atoms with van der Waals surface area (Å²) < 4.78 is 0. The summed E-state index contributed by atoms with van der Waals surface area (Å²) in [6.45, 7) is 16.4. The van der Waals surface area contributed by atoms with Crippen molar-refractivity contribution in [3.05, 3.63) is 102 Å². The van der Waals surface area contributed by atoms with Gasteiger partial charge in [-0.15, -0.1) is 0 Å². The Morgan fingerprint density at radius 3 is 1.95 bits per heavy atom. The number of hydrogen-bond donors (Lipinski definition) is 5. The highest BCUT2D eigenvalue weighted by Gasteiger charge is 2.16. The van der Waals surface area contributed by atoms with E-state index in [-0.39, 0.29) is 6.42 Å². The summed E-state index contributed by atoms with van der Waals surface area (Å²) >= 11 is 0. The Hall–Kier alpha value is -4.78. The zero-order valence-electron chi connectivity index (χ0n) is 24.0. The molecule has 7 heteroatoms. The number of aldehydes is 1. The number of H-pyrrole nitrogens is 4. The first kappa shape index (κ1) is 27.8. The second kappa shape index (κ2) is 11.0. The topological polar surface area (TPSA) is 118 Å². The minimum atomic E-state index is -0.840. The molecule has 5 N–H and O–H groups in total. The molecule has 5 heterocycles. The quantitative estimate of drug-likeness (QED) is 0.192. The van der Waals surface area contributed by atoms with Gasteiger partial charge >= 0.3 is 5.97 Å². The van der Waals surface area contributed by atoms with E-state index >= 15 is 0 Å². The zero-order chi connectivity index (χ0) is 29.4. The first-order chi connectivity index (χ1) is 19.7. The van der Waals surface area contributed by atoms with Crippen molar-refractivity contribution in [2.45, 2.75) is 53.4 Å². The van der Waals surface area contributed by atoms with E-state index < -0.39 is 5.97 Å². The Bertz CT molecular complexity index is 1970. The molecule has 41 heavy (non-hydrogen) atoms. The molecule has 210 valence electrons. The van der Waals surface area contributed by atoms with Gasteiger partial charge in [0.15, 0.2) is 0 Å². The Morgan fingerprint density at radius 2 is 1.27 bits per heavy atom. The lowest BCUT2D eigenvalue weighted by atomic mass is 10.0. The molecule has 4 aromatic rings. The standard InChI is InChI=1S/C34H36N4O3/c1-7-22-18(3)26-14-27-20(5)24(10-9-13-39)32(37-27)17-33-25(11-12-34(40)41)21(6)29(38-33)16-31-23(8-2)19(4)28(36-31)15-30(22)35-26/h7-8,13-17,35-38H,1-2,9-12H2,3-6H3,(H,40,41). The SMILES string of the molecule is C=Cc1c2[nH]c(c1C)C=c1[nH]c(c(CCC=O)c1C)=Cc1[nH]c(c(C)c1CCC(=O)O)C=c1[nH]c(c(C)c1C=C)=C2. The Morgan fingerprint density at radius 1 is 0.683 bits per heavy atom. The maximum Gasteiger partial charge on any atom is 0.303 e. The molecule has 8 bridgehead atoms. The molecule has 1 aliphatic heterocycles. The van der Waals surface area contributed by atoms with Crippen LogP contribution >= 0.6 is 0 Å². The summed E-state index contributed by atoms with van der Waals surface area (Å²) in [5.41, 5.74) is 12.0. The number of hydrogen-bond acceptors (Lipinski definition) is 2. The van der Waals surface area contributed by atoms with Crippen molar-refractivity contribution in [3.8, 4) is 0 Å². The summed E-state index contributed by atoms with van der Waals surface area (Å²) in [5.74, 6) is -0.840. The van der Waals surface area contributed by atoms with Crippen LogP contribution in [0.3, 0.4) is 0 Å². The normalized spacial score (nSPS) is 12.1. The third-order valence-electron chi connectivity index (χ3n) is 8.30. The number of aliphatic carboxylic acids is 1. The van der Waals surface area contributed by atoms with E-state index in [9.17, 15) is 14.7 Å². The average Bonchev–Trinajstić information content (AvgIpc) is 3.59. The first-order valence-electron chi connectivity index (χ1n) is 13.8. The van der Waals surface area contributed by atoms with Gasteiger partial charge in [0.2, 0.25) is 0 Å². The second-order valence-corrected chi connectivity index (χ2v) is 10.7. The van der Waals surface area contributed by atoms with Gasteiger partial charge in [-0.1, -0.05) is 25.3 Å². The molecule has 0 fully saturated rings. The van der Waals surface area contributed by atoms with E-state index in [1.807, 2.05) is 25.2 Å². The molecular formula is C34H36N4O3. The molecule has 0 saturated carbocycles. The third-order valence-corrected chi connectivity index (χ3v) is 8.30. The lowest BCUT2D eigenvalue weighted by Crippen LogP contribution is -2.13. The van der Waals surface area contributed by atoms with Gasteiger partial charge < -0.3 is 29.8 Å². The number of carboxylic acid groups (broad SMARTS) is 1. The number of rotatable bonds is 8. The maximum atomic E-state index is 11.5. The molecule has 0 amide bonds. The second-order valence-electron chi connectivity index (χ2n) is 10.7. The van der Waals surface area contributed by atoms with Crippen LogP contribution in [0.5, 0.6) is 0 Å². The molecule has 1 aliphatic rings. The fourth-order valence-electron chi connectivity index (χ4n) is 5.90. The number of nitrogens with one attached hydrogen (secondary N) is 4. The molecule has 0 atom stereocenters. The zero-order valence-corrected chi connectivity index (χ0v) is 24.0. The van der Waals surface area contributed by atoms with E-state index in [2.05, 4.69) is 72.1 Å². The van der Waals surface area contributed by atoms with E-state index in [0.29, 0.717) is 19.3 Å². The molecule has 4 aromatic heterocycles. The first-order valence-corrected chi connectivity index (χ1v) is 13.8. The lowest BCUT2D eigenvalue weighted by Gasteiger charge is -2.01. The van der Waals surface area contributed by atoms with Crippen LogP contribution in [0, 0.1) is 27.7 Å². The Kier molecular flexibility index (Phi) is 7.45.